The molecule has 0 N–H and O–H groups in total. The van der Waals surface area contributed by atoms with E-state index >= 15 is 0 Å². The second kappa shape index (κ2) is 3.71. The van der Waals surface area contributed by atoms with Crippen LogP contribution in [0.5, 0.6) is 0 Å². The third-order valence-corrected chi connectivity index (χ3v) is 8.24. The predicted molar refractivity (Wildman–Crippen MR) is 85.2 cm³/mol. The first-order chi connectivity index (χ1) is 10.3. The van der Waals surface area contributed by atoms with Crippen LogP contribution in [0.2, 0.25) is 0 Å². The average molecular weight is 300 g/mol. The summed E-state index contributed by atoms with van der Waals surface area (Å²) in [6.45, 7) is 11.6. The van der Waals surface area contributed by atoms with E-state index in [0.29, 0.717) is 41.0 Å². The summed E-state index contributed by atoms with van der Waals surface area (Å²) in [5.41, 5.74) is 1.52. The van der Waals surface area contributed by atoms with Crippen molar-refractivity contribution in [3.63, 3.8) is 0 Å². The Labute approximate surface area is 133 Å². The zero-order valence-corrected chi connectivity index (χ0v) is 14.4. The van der Waals surface area contributed by atoms with Crippen molar-refractivity contribution in [1.29, 1.82) is 0 Å². The van der Waals surface area contributed by atoms with E-state index < -0.39 is 0 Å². The van der Waals surface area contributed by atoms with Gasteiger partial charge in [-0.2, -0.15) is 0 Å². The molecule has 5 aliphatic rings. The zero-order chi connectivity index (χ0) is 15.6. The first-order valence-electron chi connectivity index (χ1n) is 9.16. The largest absolute Gasteiger partial charge is 0.366 e. The number of ether oxygens (including phenoxy) is 1. The molecule has 0 amide bonds. The number of fused-ring (bicyclic) bond motifs is 7. The van der Waals surface area contributed by atoms with Crippen LogP contribution in [0.15, 0.2) is 11.6 Å². The van der Waals surface area contributed by atoms with Gasteiger partial charge in [0.05, 0.1) is 11.7 Å². The third-order valence-electron chi connectivity index (χ3n) is 8.24. The molecular weight excluding hydrogens is 272 g/mol. The minimum Gasteiger partial charge on any atom is -0.366 e. The maximum Gasteiger partial charge on any atom is 0.162 e. The minimum atomic E-state index is 0.0456. The Hall–Kier alpha value is -0.630. The molecular formula is C20H28O2. The molecule has 2 heteroatoms. The summed E-state index contributed by atoms with van der Waals surface area (Å²) >= 11 is 0. The number of hydrogen-bond acceptors (Lipinski definition) is 2. The molecule has 1 saturated heterocycles. The van der Waals surface area contributed by atoms with Crippen LogP contribution in [-0.4, -0.2) is 17.5 Å². The van der Waals surface area contributed by atoms with Crippen molar-refractivity contribution in [2.45, 2.75) is 59.2 Å². The van der Waals surface area contributed by atoms with Crippen molar-refractivity contribution in [1.82, 2.24) is 0 Å². The van der Waals surface area contributed by atoms with Crippen molar-refractivity contribution in [3.8, 4) is 0 Å². The van der Waals surface area contributed by atoms with Gasteiger partial charge >= 0.3 is 0 Å². The van der Waals surface area contributed by atoms with Crippen LogP contribution < -0.4 is 0 Å². The first kappa shape index (κ1) is 13.8. The van der Waals surface area contributed by atoms with Crippen LogP contribution in [0.25, 0.3) is 0 Å². The number of hydrogen-bond donors (Lipinski definition) is 0. The summed E-state index contributed by atoms with van der Waals surface area (Å²) in [6, 6.07) is 0. The molecule has 1 unspecified atom stereocenters. The van der Waals surface area contributed by atoms with Crippen LogP contribution in [0.1, 0.15) is 47.5 Å². The number of Topliss-reactive ketones (excluding diaryl/α,β-unsaturated/α-hetero) is 1. The molecule has 0 aromatic rings. The number of ketones is 1. The topological polar surface area (TPSA) is 29.6 Å². The second-order valence-electron chi connectivity index (χ2n) is 9.78. The van der Waals surface area contributed by atoms with Crippen LogP contribution >= 0.6 is 0 Å². The number of rotatable bonds is 0. The van der Waals surface area contributed by atoms with Gasteiger partial charge in [0.2, 0.25) is 0 Å². The van der Waals surface area contributed by atoms with Gasteiger partial charge in [-0.1, -0.05) is 26.8 Å². The van der Waals surface area contributed by atoms with E-state index in [4.69, 9.17) is 4.74 Å². The Morgan fingerprint density at radius 1 is 1.23 bits per heavy atom. The van der Waals surface area contributed by atoms with Crippen molar-refractivity contribution in [2.24, 2.45) is 46.8 Å². The summed E-state index contributed by atoms with van der Waals surface area (Å²) in [5, 5.41) is 0. The summed E-state index contributed by atoms with van der Waals surface area (Å²) in [6.07, 6.45) is 5.07. The molecule has 1 heterocycles. The summed E-state index contributed by atoms with van der Waals surface area (Å²) in [4.78, 5) is 12.9. The maximum atomic E-state index is 12.9. The van der Waals surface area contributed by atoms with Crippen molar-refractivity contribution in [3.05, 3.63) is 11.6 Å². The predicted octanol–water partition coefficient (Wildman–Crippen LogP) is 3.85. The summed E-state index contributed by atoms with van der Waals surface area (Å²) in [5.74, 6) is 4.61. The average Bonchev–Trinajstić information content (AvgIpc) is 3.20. The SMILES string of the molecule is CC1=C[C@H]2C[C@]3(C)OC3[C@@H]3[C@@H]([C@@H]2C1=O)[C@H](C)C[C@@H]1[C@H]3C1(C)C. The van der Waals surface area contributed by atoms with E-state index in [9.17, 15) is 4.79 Å². The number of carbonyl (C=O) groups excluding carboxylic acids is 1. The molecule has 0 spiro atoms. The molecule has 3 saturated carbocycles. The van der Waals surface area contributed by atoms with E-state index in [0.717, 1.165) is 23.8 Å². The third kappa shape index (κ3) is 1.44. The van der Waals surface area contributed by atoms with Gasteiger partial charge in [0, 0.05) is 5.92 Å². The fraction of sp³-hybridized carbons (Fsp3) is 0.850. The van der Waals surface area contributed by atoms with Gasteiger partial charge in [-0.3, -0.25) is 4.79 Å². The molecule has 9 atom stereocenters. The number of allylic oxidation sites excluding steroid dienone is 2. The fourth-order valence-corrected chi connectivity index (χ4v) is 7.15. The monoisotopic (exact) mass is 300 g/mol. The highest BCUT2D eigenvalue weighted by molar-refractivity contribution is 5.99. The van der Waals surface area contributed by atoms with Crippen molar-refractivity contribution in [2.75, 3.05) is 0 Å². The Kier molecular flexibility index (Phi) is 2.33. The van der Waals surface area contributed by atoms with Gasteiger partial charge in [0.15, 0.2) is 5.78 Å². The molecule has 120 valence electrons. The van der Waals surface area contributed by atoms with Crippen molar-refractivity contribution >= 4 is 5.78 Å². The van der Waals surface area contributed by atoms with Crippen LogP contribution in [0.4, 0.5) is 0 Å². The van der Waals surface area contributed by atoms with Gasteiger partial charge in [0.25, 0.3) is 0 Å². The highest BCUT2D eigenvalue weighted by Crippen LogP contribution is 2.75. The summed E-state index contributed by atoms with van der Waals surface area (Å²) in [7, 11) is 0. The van der Waals surface area contributed by atoms with E-state index in [-0.39, 0.29) is 11.5 Å². The quantitative estimate of drug-likeness (QED) is 0.636. The fourth-order valence-electron chi connectivity index (χ4n) is 7.15. The molecule has 1 aliphatic heterocycles. The maximum absolute atomic E-state index is 12.9. The first-order valence-corrected chi connectivity index (χ1v) is 9.16. The Bertz CT molecular complexity index is 603. The smallest absolute Gasteiger partial charge is 0.162 e. The lowest BCUT2D eigenvalue weighted by Crippen LogP contribution is -2.40. The second-order valence-corrected chi connectivity index (χ2v) is 9.78. The van der Waals surface area contributed by atoms with Crippen molar-refractivity contribution < 1.29 is 9.53 Å². The normalized spacial score (nSPS) is 60.4. The molecule has 0 aromatic carbocycles. The van der Waals surface area contributed by atoms with Gasteiger partial charge in [-0.05, 0) is 73.2 Å². The van der Waals surface area contributed by atoms with Gasteiger partial charge < -0.3 is 4.74 Å². The number of epoxide rings is 1. The van der Waals surface area contributed by atoms with E-state index in [2.05, 4.69) is 33.8 Å². The Balaban J connectivity index is 1.61. The molecule has 4 aliphatic carbocycles. The van der Waals surface area contributed by atoms with Crippen LogP contribution in [0, 0.1) is 46.8 Å². The van der Waals surface area contributed by atoms with E-state index in [1.165, 1.54) is 6.42 Å². The molecule has 5 rings (SSSR count). The molecule has 0 bridgehead atoms. The van der Waals surface area contributed by atoms with Gasteiger partial charge in [-0.25, -0.2) is 0 Å². The van der Waals surface area contributed by atoms with Crippen LogP contribution in [0.3, 0.4) is 0 Å². The highest BCUT2D eigenvalue weighted by atomic mass is 16.6. The van der Waals surface area contributed by atoms with Gasteiger partial charge in [0.1, 0.15) is 0 Å². The minimum absolute atomic E-state index is 0.0456. The molecule has 4 fully saturated rings. The Morgan fingerprint density at radius 2 is 1.95 bits per heavy atom. The molecule has 2 nitrogen and oxygen atoms in total. The van der Waals surface area contributed by atoms with E-state index in [1.54, 1.807) is 0 Å². The number of carbonyl (C=O) groups is 1. The van der Waals surface area contributed by atoms with E-state index in [1.807, 2.05) is 6.92 Å². The molecule has 0 aromatic heterocycles. The lowest BCUT2D eigenvalue weighted by atomic mass is 9.64. The zero-order valence-electron chi connectivity index (χ0n) is 14.4. The lowest BCUT2D eigenvalue weighted by Gasteiger charge is -2.40. The standard InChI is InChI=1S/C20H28O2/c1-9-7-12-16(19(12,3)4)15-13(9)14-11(6-10(2)17(14)21)8-20(5)18(15)22-20/h6,9,11-16,18H,7-8H2,1-5H3/t9-,11+,12-,13-,14-,15-,16-,18?,20+/m1/s1. The molecule has 0 radical (unpaired) electrons. The summed E-state index contributed by atoms with van der Waals surface area (Å²) < 4.78 is 6.29. The molecule has 22 heavy (non-hydrogen) atoms. The van der Waals surface area contributed by atoms with Gasteiger partial charge in [-0.15, -0.1) is 0 Å². The highest BCUT2D eigenvalue weighted by Gasteiger charge is 2.74. The van der Waals surface area contributed by atoms with Crippen LogP contribution in [-0.2, 0) is 9.53 Å². The lowest BCUT2D eigenvalue weighted by molar-refractivity contribution is -0.123. The Morgan fingerprint density at radius 3 is 2.68 bits per heavy atom.